The molecule has 0 saturated carbocycles. The monoisotopic (exact) mass is 258 g/mol. The van der Waals surface area contributed by atoms with E-state index in [1.165, 1.54) is 13.8 Å². The van der Waals surface area contributed by atoms with Crippen molar-refractivity contribution in [3.63, 3.8) is 0 Å². The van der Waals surface area contributed by atoms with Gasteiger partial charge >= 0.3 is 0 Å². The summed E-state index contributed by atoms with van der Waals surface area (Å²) in [6, 6.07) is 0. The molecule has 18 heavy (non-hydrogen) atoms. The predicted octanol–water partition coefficient (Wildman–Crippen LogP) is -1.81. The van der Waals surface area contributed by atoms with Crippen LogP contribution in [-0.4, -0.2) is 36.5 Å². The molecule has 4 N–H and O–H groups in total. The fraction of sp³-hybridized carbons (Fsp3) is 0.600. The first-order chi connectivity index (χ1) is 8.41. The summed E-state index contributed by atoms with van der Waals surface area (Å²) in [4.78, 5) is 43.1. The van der Waals surface area contributed by atoms with Crippen LogP contribution in [0.15, 0.2) is 0 Å². The van der Waals surface area contributed by atoms with Crippen molar-refractivity contribution in [2.45, 2.75) is 26.7 Å². The van der Waals surface area contributed by atoms with Crippen molar-refractivity contribution in [1.82, 2.24) is 21.7 Å². The summed E-state index contributed by atoms with van der Waals surface area (Å²) in [6.07, 6.45) is -0.342. The van der Waals surface area contributed by atoms with E-state index in [4.69, 9.17) is 0 Å². The van der Waals surface area contributed by atoms with E-state index in [1.807, 2.05) is 0 Å². The molecule has 8 heteroatoms. The summed E-state index contributed by atoms with van der Waals surface area (Å²) >= 11 is 0. The first-order valence-electron chi connectivity index (χ1n) is 5.44. The highest BCUT2D eigenvalue weighted by atomic mass is 16.2. The number of hydrogen-bond donors (Lipinski definition) is 4. The van der Waals surface area contributed by atoms with Gasteiger partial charge in [0.05, 0.1) is 12.8 Å². The number of carbonyl (C=O) groups excluding carboxylic acids is 4. The molecule has 0 unspecified atom stereocenters. The van der Waals surface area contributed by atoms with E-state index in [9.17, 15) is 19.2 Å². The van der Waals surface area contributed by atoms with Gasteiger partial charge in [-0.05, 0) is 13.8 Å². The Labute approximate surface area is 105 Å². The summed E-state index contributed by atoms with van der Waals surface area (Å²) in [6.45, 7) is 3.35. The molecule has 0 bridgehead atoms. The van der Waals surface area contributed by atoms with Crippen LogP contribution in [0.5, 0.6) is 0 Å². The van der Waals surface area contributed by atoms with Crippen LogP contribution >= 0.6 is 0 Å². The van der Waals surface area contributed by atoms with E-state index in [-0.39, 0.29) is 24.4 Å². The quantitative estimate of drug-likeness (QED) is 0.220. The zero-order valence-corrected chi connectivity index (χ0v) is 10.5. The number of rotatable bonds is 9. The lowest BCUT2D eigenvalue weighted by atomic mass is 10.3. The molecule has 0 aliphatic rings. The molecule has 8 nitrogen and oxygen atoms in total. The Balaban J connectivity index is 3.41. The van der Waals surface area contributed by atoms with Crippen molar-refractivity contribution in [3.05, 3.63) is 0 Å². The van der Waals surface area contributed by atoms with E-state index in [0.717, 1.165) is 0 Å². The molecule has 0 aliphatic carbocycles. The highest BCUT2D eigenvalue weighted by Crippen LogP contribution is 1.79. The summed E-state index contributed by atoms with van der Waals surface area (Å²) in [5.41, 5.74) is 9.78. The SMILES string of the molecule is CC(=O)CC(=O)NNCCNNC(=O)CC(C)=O. The standard InChI is InChI=1S/C10H18N4O4/c1-7(15)5-9(17)13-11-3-4-12-14-10(18)6-8(2)16/h11-12H,3-6H2,1-2H3,(H,13,17)(H,14,18). The molecule has 0 saturated heterocycles. The summed E-state index contributed by atoms with van der Waals surface area (Å²) in [5, 5.41) is 0. The van der Waals surface area contributed by atoms with Crippen LogP contribution in [0.4, 0.5) is 0 Å². The smallest absolute Gasteiger partial charge is 0.241 e. The molecular weight excluding hydrogens is 240 g/mol. The fourth-order valence-corrected chi connectivity index (χ4v) is 0.988. The Hall–Kier alpha value is -1.80. The van der Waals surface area contributed by atoms with Crippen LogP contribution in [0.3, 0.4) is 0 Å². The third-order valence-corrected chi connectivity index (χ3v) is 1.65. The van der Waals surface area contributed by atoms with Crippen LogP contribution in [0.2, 0.25) is 0 Å². The van der Waals surface area contributed by atoms with Gasteiger partial charge in [-0.15, -0.1) is 0 Å². The topological polar surface area (TPSA) is 116 Å². The van der Waals surface area contributed by atoms with Crippen molar-refractivity contribution >= 4 is 23.4 Å². The molecule has 102 valence electrons. The van der Waals surface area contributed by atoms with Gasteiger partial charge < -0.3 is 0 Å². The second-order valence-corrected chi connectivity index (χ2v) is 3.71. The fourth-order valence-electron chi connectivity index (χ4n) is 0.988. The summed E-state index contributed by atoms with van der Waals surface area (Å²) in [7, 11) is 0. The van der Waals surface area contributed by atoms with Gasteiger partial charge in [-0.1, -0.05) is 0 Å². The van der Waals surface area contributed by atoms with Gasteiger partial charge in [0.15, 0.2) is 0 Å². The van der Waals surface area contributed by atoms with Crippen LogP contribution < -0.4 is 21.7 Å². The number of hydrazine groups is 2. The maximum Gasteiger partial charge on any atom is 0.241 e. The Morgan fingerprint density at radius 2 is 1.06 bits per heavy atom. The molecule has 0 aromatic rings. The lowest BCUT2D eigenvalue weighted by Crippen LogP contribution is -2.45. The average molecular weight is 258 g/mol. The molecular formula is C10H18N4O4. The van der Waals surface area contributed by atoms with Crippen LogP contribution in [0, 0.1) is 0 Å². The number of carbonyl (C=O) groups is 4. The maximum absolute atomic E-state index is 11.0. The minimum absolute atomic E-state index is 0.171. The maximum atomic E-state index is 11.0. The molecule has 0 atom stereocenters. The number of hydrogen-bond acceptors (Lipinski definition) is 6. The van der Waals surface area contributed by atoms with Gasteiger partial charge in [0, 0.05) is 13.1 Å². The van der Waals surface area contributed by atoms with Crippen molar-refractivity contribution in [3.8, 4) is 0 Å². The second kappa shape index (κ2) is 9.25. The predicted molar refractivity (Wildman–Crippen MR) is 62.9 cm³/mol. The third-order valence-electron chi connectivity index (χ3n) is 1.65. The molecule has 0 fully saturated rings. The summed E-state index contributed by atoms with van der Waals surface area (Å²) in [5.74, 6) is -1.26. The molecule has 0 aromatic heterocycles. The molecule has 0 aromatic carbocycles. The van der Waals surface area contributed by atoms with E-state index in [1.54, 1.807) is 0 Å². The molecule has 0 spiro atoms. The molecule has 2 amide bonds. The lowest BCUT2D eigenvalue weighted by molar-refractivity contribution is -0.129. The molecule has 0 heterocycles. The Morgan fingerprint density at radius 3 is 1.33 bits per heavy atom. The second-order valence-electron chi connectivity index (χ2n) is 3.71. The van der Waals surface area contributed by atoms with Gasteiger partial charge in [-0.25, -0.2) is 10.9 Å². The minimum atomic E-state index is -0.414. The van der Waals surface area contributed by atoms with Gasteiger partial charge in [-0.2, -0.15) is 0 Å². The number of Topliss-reactive ketones (excluding diaryl/α,β-unsaturated/α-hetero) is 2. The zero-order valence-electron chi connectivity index (χ0n) is 10.5. The highest BCUT2D eigenvalue weighted by molar-refractivity contribution is 5.97. The van der Waals surface area contributed by atoms with Gasteiger partial charge in [0.1, 0.15) is 11.6 Å². The van der Waals surface area contributed by atoms with E-state index >= 15 is 0 Å². The van der Waals surface area contributed by atoms with Crippen molar-refractivity contribution in [2.75, 3.05) is 13.1 Å². The number of ketones is 2. The molecule has 0 rings (SSSR count). The minimum Gasteiger partial charge on any atom is -0.299 e. The molecule has 0 radical (unpaired) electrons. The van der Waals surface area contributed by atoms with E-state index in [0.29, 0.717) is 13.1 Å². The van der Waals surface area contributed by atoms with Gasteiger partial charge in [0.25, 0.3) is 0 Å². The third kappa shape index (κ3) is 10.7. The Morgan fingerprint density at radius 1 is 0.722 bits per heavy atom. The van der Waals surface area contributed by atoms with E-state index in [2.05, 4.69) is 21.7 Å². The van der Waals surface area contributed by atoms with Crippen molar-refractivity contribution < 1.29 is 19.2 Å². The summed E-state index contributed by atoms with van der Waals surface area (Å²) < 4.78 is 0. The van der Waals surface area contributed by atoms with Crippen LogP contribution in [0.25, 0.3) is 0 Å². The normalized spacial score (nSPS) is 9.67. The average Bonchev–Trinajstić information content (AvgIpc) is 2.20. The zero-order chi connectivity index (χ0) is 14.0. The van der Waals surface area contributed by atoms with Crippen molar-refractivity contribution in [2.24, 2.45) is 0 Å². The van der Waals surface area contributed by atoms with E-state index < -0.39 is 11.8 Å². The largest absolute Gasteiger partial charge is 0.299 e. The Kier molecular flexibility index (Phi) is 8.33. The van der Waals surface area contributed by atoms with Crippen LogP contribution in [-0.2, 0) is 19.2 Å². The first-order valence-corrected chi connectivity index (χ1v) is 5.44. The van der Waals surface area contributed by atoms with Crippen LogP contribution in [0.1, 0.15) is 26.7 Å². The van der Waals surface area contributed by atoms with Crippen molar-refractivity contribution in [1.29, 1.82) is 0 Å². The highest BCUT2D eigenvalue weighted by Gasteiger charge is 2.04. The first kappa shape index (κ1) is 16.2. The number of amides is 2. The number of nitrogens with one attached hydrogen (secondary N) is 4. The molecule has 0 aliphatic heterocycles. The van der Waals surface area contributed by atoms with Gasteiger partial charge in [0.2, 0.25) is 11.8 Å². The van der Waals surface area contributed by atoms with Gasteiger partial charge in [-0.3, -0.25) is 30.0 Å². The Bertz CT molecular complexity index is 298. The lowest BCUT2D eigenvalue weighted by Gasteiger charge is -2.08.